The number of likely N-dealkylation sites (tertiary alicyclic amines) is 2. The van der Waals surface area contributed by atoms with Crippen LogP contribution in [0.1, 0.15) is 67.6 Å². The zero-order valence-corrected chi connectivity index (χ0v) is 17.3. The summed E-state index contributed by atoms with van der Waals surface area (Å²) >= 11 is 0. The third kappa shape index (κ3) is 4.50. The minimum absolute atomic E-state index is 0.0603. The molecule has 3 heterocycles. The van der Waals surface area contributed by atoms with Crippen molar-refractivity contribution in [1.29, 1.82) is 0 Å². The third-order valence-corrected chi connectivity index (χ3v) is 6.15. The number of piperidine rings is 2. The number of carbonyl (C=O) groups is 2. The van der Waals surface area contributed by atoms with Crippen LogP contribution in [0.4, 0.5) is 0 Å². The maximum Gasteiger partial charge on any atom is 0.255 e. The molecule has 5 nitrogen and oxygen atoms in total. The molecule has 0 bridgehead atoms. The Hall–Kier alpha value is -1.91. The van der Waals surface area contributed by atoms with Gasteiger partial charge in [-0.1, -0.05) is 13.8 Å². The molecule has 0 aromatic carbocycles. The highest BCUT2D eigenvalue weighted by Crippen LogP contribution is 2.39. The lowest BCUT2D eigenvalue weighted by molar-refractivity contribution is -0.139. The molecule has 1 spiro atoms. The Morgan fingerprint density at radius 3 is 2.74 bits per heavy atom. The Morgan fingerprint density at radius 2 is 2.04 bits per heavy atom. The summed E-state index contributed by atoms with van der Waals surface area (Å²) in [6.07, 6.45) is 6.39. The summed E-state index contributed by atoms with van der Waals surface area (Å²) in [5.74, 6) is 0.963. The van der Waals surface area contributed by atoms with E-state index < -0.39 is 0 Å². The number of rotatable bonds is 4. The average molecular weight is 372 g/mol. The molecule has 148 valence electrons. The molecule has 0 aliphatic carbocycles. The number of hydrogen-bond acceptors (Lipinski definition) is 3. The first-order valence-corrected chi connectivity index (χ1v) is 10.3. The van der Waals surface area contributed by atoms with Gasteiger partial charge in [-0.05, 0) is 57.1 Å². The SMILES string of the molecule is Cc1cc(C)c(C(=O)N2CCCC3(CCC(=O)N(CCC(C)C)C3)C2)cn1. The Morgan fingerprint density at radius 1 is 1.26 bits per heavy atom. The van der Waals surface area contributed by atoms with Crippen LogP contribution in [0.25, 0.3) is 0 Å². The Labute approximate surface area is 163 Å². The monoisotopic (exact) mass is 371 g/mol. The van der Waals surface area contributed by atoms with Crippen LogP contribution in [0.5, 0.6) is 0 Å². The van der Waals surface area contributed by atoms with E-state index in [0.717, 1.165) is 63.1 Å². The molecule has 2 fully saturated rings. The van der Waals surface area contributed by atoms with Gasteiger partial charge in [0, 0.05) is 49.9 Å². The summed E-state index contributed by atoms with van der Waals surface area (Å²) < 4.78 is 0. The Kier molecular flexibility index (Phi) is 5.87. The fourth-order valence-corrected chi connectivity index (χ4v) is 4.53. The predicted molar refractivity (Wildman–Crippen MR) is 107 cm³/mol. The average Bonchev–Trinajstić information content (AvgIpc) is 2.62. The standard InChI is InChI=1S/C22H33N3O2/c1-16(2)7-11-24-14-22(9-6-20(24)26)8-5-10-25(15-22)21(27)19-13-23-18(4)12-17(19)3/h12-13,16H,5-11,14-15H2,1-4H3. The van der Waals surface area contributed by atoms with Crippen LogP contribution in [-0.2, 0) is 4.79 Å². The molecule has 2 aliphatic rings. The van der Waals surface area contributed by atoms with Crippen molar-refractivity contribution in [2.45, 2.75) is 59.8 Å². The Balaban J connectivity index is 1.72. The molecule has 5 heteroatoms. The normalized spacial score (nSPS) is 23.4. The van der Waals surface area contributed by atoms with Gasteiger partial charge in [-0.15, -0.1) is 0 Å². The minimum atomic E-state index is 0.0603. The number of hydrogen-bond donors (Lipinski definition) is 0. The van der Waals surface area contributed by atoms with Crippen LogP contribution in [0.15, 0.2) is 12.3 Å². The van der Waals surface area contributed by atoms with Gasteiger partial charge < -0.3 is 9.80 Å². The van der Waals surface area contributed by atoms with Gasteiger partial charge in [-0.25, -0.2) is 0 Å². The zero-order chi connectivity index (χ0) is 19.6. The van der Waals surface area contributed by atoms with Crippen LogP contribution < -0.4 is 0 Å². The number of carbonyl (C=O) groups excluding carboxylic acids is 2. The lowest BCUT2D eigenvalue weighted by Gasteiger charge is -2.48. The summed E-state index contributed by atoms with van der Waals surface area (Å²) in [7, 11) is 0. The molecular formula is C22H33N3O2. The van der Waals surface area contributed by atoms with Crippen molar-refractivity contribution < 1.29 is 9.59 Å². The van der Waals surface area contributed by atoms with Crippen LogP contribution in [0.2, 0.25) is 0 Å². The molecule has 0 N–H and O–H groups in total. The van der Waals surface area contributed by atoms with Crippen LogP contribution >= 0.6 is 0 Å². The van der Waals surface area contributed by atoms with Crippen molar-refractivity contribution in [2.24, 2.45) is 11.3 Å². The topological polar surface area (TPSA) is 53.5 Å². The van der Waals surface area contributed by atoms with E-state index in [1.165, 1.54) is 0 Å². The second kappa shape index (κ2) is 7.99. The van der Waals surface area contributed by atoms with Gasteiger partial charge >= 0.3 is 0 Å². The predicted octanol–water partition coefficient (Wildman–Crippen LogP) is 3.59. The largest absolute Gasteiger partial charge is 0.342 e. The maximum absolute atomic E-state index is 13.1. The van der Waals surface area contributed by atoms with E-state index in [1.807, 2.05) is 24.8 Å². The molecule has 2 saturated heterocycles. The highest BCUT2D eigenvalue weighted by atomic mass is 16.2. The molecule has 0 saturated carbocycles. The lowest BCUT2D eigenvalue weighted by atomic mass is 9.73. The van der Waals surface area contributed by atoms with Crippen molar-refractivity contribution in [3.63, 3.8) is 0 Å². The van der Waals surface area contributed by atoms with Gasteiger partial charge in [0.05, 0.1) is 5.56 Å². The summed E-state index contributed by atoms with van der Waals surface area (Å²) in [4.78, 5) is 33.9. The van der Waals surface area contributed by atoms with Gasteiger partial charge in [0.15, 0.2) is 0 Å². The number of pyridine rings is 1. The molecule has 0 radical (unpaired) electrons. The fraction of sp³-hybridized carbons (Fsp3) is 0.682. The first-order valence-electron chi connectivity index (χ1n) is 10.3. The summed E-state index contributed by atoms with van der Waals surface area (Å²) in [6.45, 7) is 11.5. The van der Waals surface area contributed by atoms with Crippen molar-refractivity contribution in [3.8, 4) is 0 Å². The maximum atomic E-state index is 13.1. The van der Waals surface area contributed by atoms with E-state index in [2.05, 4.69) is 23.7 Å². The van der Waals surface area contributed by atoms with Crippen LogP contribution in [0, 0.1) is 25.2 Å². The number of aryl methyl sites for hydroxylation is 2. The summed E-state index contributed by atoms with van der Waals surface area (Å²) in [6, 6.07) is 1.97. The quantitative estimate of drug-likeness (QED) is 0.813. The van der Waals surface area contributed by atoms with Crippen LogP contribution in [0.3, 0.4) is 0 Å². The molecule has 27 heavy (non-hydrogen) atoms. The summed E-state index contributed by atoms with van der Waals surface area (Å²) in [5, 5.41) is 0. The van der Waals surface area contributed by atoms with Gasteiger partial charge in [0.2, 0.25) is 5.91 Å². The van der Waals surface area contributed by atoms with Gasteiger partial charge in [0.1, 0.15) is 0 Å². The molecule has 2 aliphatic heterocycles. The molecule has 1 aromatic rings. The molecule has 3 rings (SSSR count). The first-order chi connectivity index (χ1) is 12.8. The second-order valence-corrected chi connectivity index (χ2v) is 8.97. The third-order valence-electron chi connectivity index (χ3n) is 6.15. The fourth-order valence-electron chi connectivity index (χ4n) is 4.53. The Bertz CT molecular complexity index is 716. The van der Waals surface area contributed by atoms with E-state index >= 15 is 0 Å². The number of aromatic nitrogens is 1. The first kappa shape index (κ1) is 19.8. The number of nitrogens with zero attached hydrogens (tertiary/aromatic N) is 3. The smallest absolute Gasteiger partial charge is 0.255 e. The lowest BCUT2D eigenvalue weighted by Crippen LogP contribution is -2.55. The van der Waals surface area contributed by atoms with Crippen molar-refractivity contribution in [2.75, 3.05) is 26.2 Å². The summed E-state index contributed by atoms with van der Waals surface area (Å²) in [5.41, 5.74) is 2.70. The van der Waals surface area contributed by atoms with E-state index in [1.54, 1.807) is 6.20 Å². The molecular weight excluding hydrogens is 338 g/mol. The molecule has 1 aromatic heterocycles. The van der Waals surface area contributed by atoms with E-state index in [-0.39, 0.29) is 17.2 Å². The van der Waals surface area contributed by atoms with Gasteiger partial charge in [-0.2, -0.15) is 0 Å². The van der Waals surface area contributed by atoms with Gasteiger partial charge in [0.25, 0.3) is 5.91 Å². The number of amides is 2. The van der Waals surface area contributed by atoms with E-state index in [4.69, 9.17) is 0 Å². The second-order valence-electron chi connectivity index (χ2n) is 8.97. The van der Waals surface area contributed by atoms with E-state index in [9.17, 15) is 9.59 Å². The van der Waals surface area contributed by atoms with Crippen LogP contribution in [-0.4, -0.2) is 52.8 Å². The molecule has 1 unspecified atom stereocenters. The van der Waals surface area contributed by atoms with Crippen molar-refractivity contribution in [3.05, 3.63) is 29.1 Å². The van der Waals surface area contributed by atoms with Crippen molar-refractivity contribution in [1.82, 2.24) is 14.8 Å². The molecule has 1 atom stereocenters. The highest BCUT2D eigenvalue weighted by Gasteiger charge is 2.42. The minimum Gasteiger partial charge on any atom is -0.342 e. The highest BCUT2D eigenvalue weighted by molar-refractivity contribution is 5.95. The van der Waals surface area contributed by atoms with Crippen molar-refractivity contribution >= 4 is 11.8 Å². The molecule has 2 amide bonds. The van der Waals surface area contributed by atoms with Gasteiger partial charge in [-0.3, -0.25) is 14.6 Å². The van der Waals surface area contributed by atoms with E-state index in [0.29, 0.717) is 17.9 Å². The zero-order valence-electron chi connectivity index (χ0n) is 17.3.